The second-order valence-electron chi connectivity index (χ2n) is 3.13. The van der Waals surface area contributed by atoms with Gasteiger partial charge in [0.1, 0.15) is 0 Å². The van der Waals surface area contributed by atoms with Gasteiger partial charge in [0.15, 0.2) is 0 Å². The van der Waals surface area contributed by atoms with Crippen molar-refractivity contribution in [2.24, 2.45) is 0 Å². The number of carbonyl (C=O) groups is 1. The van der Waals surface area contributed by atoms with Gasteiger partial charge in [-0.1, -0.05) is 0 Å². The molecule has 0 unspecified atom stereocenters. The molecule has 18 heavy (non-hydrogen) atoms. The van der Waals surface area contributed by atoms with Crippen LogP contribution in [-0.2, 0) is 31.4 Å². The molecule has 2 rings (SSSR count). The third kappa shape index (κ3) is 2.05. The Hall–Kier alpha value is -0.970. The fraction of sp³-hybridized carbons (Fsp3) is 0. The van der Waals surface area contributed by atoms with Crippen molar-refractivity contribution >= 4 is 38.7 Å². The van der Waals surface area contributed by atoms with Crippen molar-refractivity contribution in [3.8, 4) is 0 Å². The molecule has 8 nitrogen and oxygen atoms in total. The summed E-state index contributed by atoms with van der Waals surface area (Å²) in [6, 6.07) is 1.09. The van der Waals surface area contributed by atoms with Gasteiger partial charge in [0.2, 0.25) is 0 Å². The van der Waals surface area contributed by atoms with E-state index >= 15 is 0 Å². The summed E-state index contributed by atoms with van der Waals surface area (Å²) in [5.74, 6) is -1.44. The molecule has 0 saturated heterocycles. The van der Waals surface area contributed by atoms with Crippen molar-refractivity contribution in [1.82, 2.24) is 13.4 Å². The van der Waals surface area contributed by atoms with Crippen LogP contribution in [0.1, 0.15) is 10.4 Å². The van der Waals surface area contributed by atoms with Gasteiger partial charge in [-0.15, -0.1) is 0 Å². The number of rotatable bonds is 2. The van der Waals surface area contributed by atoms with E-state index in [0.29, 0.717) is 0 Å². The molecule has 0 radical (unpaired) electrons. The van der Waals surface area contributed by atoms with E-state index in [1.54, 1.807) is 0 Å². The third-order valence-corrected chi connectivity index (χ3v) is 3.97. The number of aromatic carboxylic acids is 1. The van der Waals surface area contributed by atoms with Gasteiger partial charge in [-0.25, -0.2) is 0 Å². The van der Waals surface area contributed by atoms with Crippen LogP contribution in [0.2, 0.25) is 5.02 Å². The van der Waals surface area contributed by atoms with Crippen LogP contribution in [0.5, 0.6) is 0 Å². The van der Waals surface area contributed by atoms with Crippen LogP contribution in [0.4, 0.5) is 0 Å². The van der Waals surface area contributed by atoms with Crippen molar-refractivity contribution in [2.45, 2.75) is 4.90 Å². The maximum absolute atomic E-state index is 11.2. The van der Waals surface area contributed by atoms with E-state index in [2.05, 4.69) is 31.6 Å². The van der Waals surface area contributed by atoms with Gasteiger partial charge in [0, 0.05) is 0 Å². The van der Waals surface area contributed by atoms with Gasteiger partial charge in [-0.3, -0.25) is 0 Å². The van der Waals surface area contributed by atoms with Crippen LogP contribution >= 0.6 is 11.6 Å². The Morgan fingerprint density at radius 2 is 2.11 bits per heavy atom. The van der Waals surface area contributed by atoms with E-state index in [-0.39, 0.29) is 11.0 Å². The van der Waals surface area contributed by atoms with E-state index in [1.807, 2.05) is 0 Å². The topological polar surface area (TPSA) is 122 Å². The molecule has 0 saturated carbocycles. The molecule has 0 amide bonds. The Kier molecular flexibility index (Phi) is 3.21. The van der Waals surface area contributed by atoms with Crippen LogP contribution in [0.25, 0.3) is 11.0 Å². The number of hydrogen-bond donors (Lipinski definition) is 2. The molecule has 1 aromatic carbocycles. The van der Waals surface area contributed by atoms with Crippen LogP contribution in [0.15, 0.2) is 11.0 Å². The summed E-state index contributed by atoms with van der Waals surface area (Å²) in [6.07, 6.45) is 0. The average molecular weight is 385 g/mol. The van der Waals surface area contributed by atoms with Crippen molar-refractivity contribution < 1.29 is 44.2 Å². The molecule has 1 aromatic heterocycles. The second-order valence-corrected chi connectivity index (χ2v) is 5.50. The number of fused-ring (bicyclic) bond motifs is 1. The van der Waals surface area contributed by atoms with E-state index in [1.165, 1.54) is 0 Å². The predicted octanol–water partition coefficient (Wildman–Crippen LogP) is 0.340. The van der Waals surface area contributed by atoms with E-state index in [4.69, 9.17) is 21.3 Å². The molecular formula is C7H3AgClN3O5S. The van der Waals surface area contributed by atoms with Crippen LogP contribution in [-0.4, -0.2) is 37.4 Å². The van der Waals surface area contributed by atoms with Crippen molar-refractivity contribution in [2.75, 3.05) is 0 Å². The predicted molar refractivity (Wildman–Crippen MR) is 54.7 cm³/mol. The summed E-state index contributed by atoms with van der Waals surface area (Å²) in [4.78, 5) is 10.2. The number of aromatic nitrogens is 3. The Balaban J connectivity index is 3.06. The fourth-order valence-electron chi connectivity index (χ4n) is 1.36. The Morgan fingerprint density at radius 3 is 2.61 bits per heavy atom. The van der Waals surface area contributed by atoms with Crippen LogP contribution < -0.4 is 0 Å². The first kappa shape index (κ1) is 13.5. The number of halogens is 1. The molecule has 11 heteroatoms. The Bertz CT molecular complexity index is 771. The number of nitrogens with zero attached hydrogens (tertiary/aromatic N) is 3. The summed E-state index contributed by atoms with van der Waals surface area (Å²) in [5, 5.41) is 15.3. The molecule has 0 aliphatic heterocycles. The van der Waals surface area contributed by atoms with E-state index in [0.717, 1.165) is 9.15 Å². The maximum atomic E-state index is 11.2. The number of carboxylic acids is 1. The van der Waals surface area contributed by atoms with Gasteiger partial charge < -0.3 is 0 Å². The van der Waals surface area contributed by atoms with E-state index in [9.17, 15) is 13.2 Å². The zero-order valence-electron chi connectivity index (χ0n) is 8.13. The molecule has 0 aliphatic carbocycles. The SMILES string of the molecule is O=C(O)c1cc2c(nn[n]2[Ag])c(S(=O)(=O)O)c1Cl. The van der Waals surface area contributed by atoms with Crippen LogP contribution in [0.3, 0.4) is 0 Å². The van der Waals surface area contributed by atoms with Crippen LogP contribution in [0, 0.1) is 0 Å². The zero-order chi connectivity index (χ0) is 13.7. The summed E-state index contributed by atoms with van der Waals surface area (Å²) in [5.41, 5.74) is -0.675. The third-order valence-electron chi connectivity index (χ3n) is 2.06. The average Bonchev–Trinajstić information content (AvgIpc) is 2.56. The first-order valence-electron chi connectivity index (χ1n) is 4.15. The minimum atomic E-state index is -4.73. The van der Waals surface area contributed by atoms with Crippen molar-refractivity contribution in [3.05, 3.63) is 16.7 Å². The molecule has 0 fully saturated rings. The standard InChI is InChI=1S/C7H4ClN3O5S.Ag/c8-4-2(7(12)13)1-3-5(10-11-9-3)6(4)17(14,15)16;/h1H,(H3,9,10,11,12,13,14,15,16);/q;+1/p-1. The monoisotopic (exact) mass is 383 g/mol. The van der Waals surface area contributed by atoms with Crippen molar-refractivity contribution in [1.29, 1.82) is 0 Å². The molecule has 2 N–H and O–H groups in total. The number of benzene rings is 1. The van der Waals surface area contributed by atoms with Gasteiger partial charge in [-0.2, -0.15) is 0 Å². The Morgan fingerprint density at radius 1 is 1.50 bits per heavy atom. The molecule has 0 aliphatic rings. The molecule has 0 bridgehead atoms. The summed E-state index contributed by atoms with van der Waals surface area (Å²) < 4.78 is 32.5. The zero-order valence-corrected chi connectivity index (χ0v) is 11.2. The van der Waals surface area contributed by atoms with Crippen molar-refractivity contribution in [3.63, 3.8) is 0 Å². The first-order valence-corrected chi connectivity index (χ1v) is 6.63. The first-order chi connectivity index (χ1) is 8.23. The van der Waals surface area contributed by atoms with E-state index < -0.39 is 31.6 Å². The molecule has 0 spiro atoms. The number of hydrogen-bond acceptors (Lipinski definition) is 5. The summed E-state index contributed by atoms with van der Waals surface area (Å²) in [6.45, 7) is 0. The summed E-state index contributed by atoms with van der Waals surface area (Å²) in [7, 11) is -4.73. The normalized spacial score (nSPS) is 12.0. The molecule has 100 valence electrons. The Labute approximate surface area is 118 Å². The van der Waals surface area contributed by atoms with Gasteiger partial charge in [0.25, 0.3) is 0 Å². The minimum absolute atomic E-state index is 0.0447. The molecular weight excluding hydrogens is 381 g/mol. The molecule has 2 aromatic rings. The quantitative estimate of drug-likeness (QED) is 0.565. The fourth-order valence-corrected chi connectivity index (χ4v) is 2.92. The van der Waals surface area contributed by atoms with Gasteiger partial charge >= 0.3 is 118 Å². The molecule has 0 atom stereocenters. The van der Waals surface area contributed by atoms with Gasteiger partial charge in [0.05, 0.1) is 0 Å². The second kappa shape index (κ2) is 4.30. The molecule has 1 heterocycles. The number of carboxylic acid groups (broad SMARTS) is 1. The summed E-state index contributed by atoms with van der Waals surface area (Å²) >= 11 is 8.59. The van der Waals surface area contributed by atoms with Gasteiger partial charge in [-0.05, 0) is 0 Å².